The summed E-state index contributed by atoms with van der Waals surface area (Å²) in [7, 11) is 0. The van der Waals surface area contributed by atoms with Crippen LogP contribution in [-0.2, 0) is 18.4 Å². The van der Waals surface area contributed by atoms with Gasteiger partial charge in [0.05, 0.1) is 18.0 Å². The van der Waals surface area contributed by atoms with Crippen molar-refractivity contribution in [3.63, 3.8) is 0 Å². The molecule has 1 aromatic heterocycles. The lowest BCUT2D eigenvalue weighted by Crippen LogP contribution is -2.14. The van der Waals surface area contributed by atoms with E-state index in [4.69, 9.17) is 11.0 Å². The van der Waals surface area contributed by atoms with E-state index >= 15 is 0 Å². The molecule has 0 bridgehead atoms. The Kier molecular flexibility index (Phi) is 3.63. The Balaban J connectivity index is 1.60. The minimum absolute atomic E-state index is 0.397. The van der Waals surface area contributed by atoms with Crippen molar-refractivity contribution in [1.82, 2.24) is 15.0 Å². The number of primary amides is 1. The van der Waals surface area contributed by atoms with Crippen LogP contribution in [0.3, 0.4) is 0 Å². The molecule has 3 rings (SSSR count). The highest BCUT2D eigenvalue weighted by Crippen LogP contribution is 2.41. The first-order valence-electron chi connectivity index (χ1n) is 7.35. The number of benzene rings is 1. The van der Waals surface area contributed by atoms with Crippen molar-refractivity contribution < 1.29 is 4.79 Å². The van der Waals surface area contributed by atoms with Crippen LogP contribution in [0, 0.1) is 11.3 Å². The number of nitriles is 1. The molecule has 1 saturated carbocycles. The van der Waals surface area contributed by atoms with Gasteiger partial charge in [0.15, 0.2) is 5.54 Å². The molecule has 22 heavy (non-hydrogen) atoms. The smallest absolute Gasteiger partial charge is 0.248 e. The van der Waals surface area contributed by atoms with Crippen LogP contribution >= 0.6 is 0 Å². The Labute approximate surface area is 128 Å². The summed E-state index contributed by atoms with van der Waals surface area (Å²) in [6.45, 7) is 0. The molecule has 1 fully saturated rings. The number of aromatic nitrogens is 3. The van der Waals surface area contributed by atoms with E-state index in [1.165, 1.54) is 0 Å². The van der Waals surface area contributed by atoms with E-state index in [1.54, 1.807) is 10.7 Å². The van der Waals surface area contributed by atoms with E-state index in [1.807, 2.05) is 24.4 Å². The molecule has 6 nitrogen and oxygen atoms in total. The second kappa shape index (κ2) is 5.60. The van der Waals surface area contributed by atoms with Gasteiger partial charge in [-0.2, -0.15) is 5.26 Å². The summed E-state index contributed by atoms with van der Waals surface area (Å²) < 4.78 is 1.68. The number of carbonyl (C=O) groups is 1. The molecular weight excluding hydrogens is 278 g/mol. The zero-order valence-corrected chi connectivity index (χ0v) is 12.2. The molecule has 112 valence electrons. The van der Waals surface area contributed by atoms with Gasteiger partial charge >= 0.3 is 0 Å². The standard InChI is InChI=1S/C16H17N5O/c17-11-16(8-9-16)21-10-13(19-20-21)6-3-5-12-4-1-2-7-14(12)15(18)22/h1-2,4,7,10H,3,5-6,8-9H2,(H2,18,22). The van der Waals surface area contributed by atoms with E-state index in [9.17, 15) is 4.79 Å². The molecule has 1 aliphatic carbocycles. The second-order valence-electron chi connectivity index (χ2n) is 5.67. The van der Waals surface area contributed by atoms with Gasteiger partial charge in [0.2, 0.25) is 5.91 Å². The molecule has 1 aromatic carbocycles. The average molecular weight is 295 g/mol. The number of hydrogen-bond donors (Lipinski definition) is 1. The topological polar surface area (TPSA) is 97.6 Å². The van der Waals surface area contributed by atoms with E-state index < -0.39 is 11.4 Å². The van der Waals surface area contributed by atoms with Gasteiger partial charge in [-0.05, 0) is 43.7 Å². The lowest BCUT2D eigenvalue weighted by Gasteiger charge is -2.05. The Morgan fingerprint density at radius 2 is 2.14 bits per heavy atom. The highest BCUT2D eigenvalue weighted by molar-refractivity contribution is 5.94. The van der Waals surface area contributed by atoms with Crippen LogP contribution in [0.4, 0.5) is 0 Å². The third kappa shape index (κ3) is 2.70. The van der Waals surface area contributed by atoms with Crippen molar-refractivity contribution in [2.45, 2.75) is 37.6 Å². The largest absolute Gasteiger partial charge is 0.366 e. The van der Waals surface area contributed by atoms with Crippen molar-refractivity contribution in [2.75, 3.05) is 0 Å². The Hall–Kier alpha value is -2.68. The second-order valence-corrected chi connectivity index (χ2v) is 5.67. The van der Waals surface area contributed by atoms with Crippen LogP contribution < -0.4 is 5.73 Å². The SMILES string of the molecule is N#CC1(n2cc(CCCc3ccccc3C(N)=O)nn2)CC1. The molecule has 6 heteroatoms. The van der Waals surface area contributed by atoms with Crippen molar-refractivity contribution in [3.05, 3.63) is 47.3 Å². The van der Waals surface area contributed by atoms with Crippen molar-refractivity contribution in [3.8, 4) is 6.07 Å². The minimum Gasteiger partial charge on any atom is -0.366 e. The van der Waals surface area contributed by atoms with Gasteiger partial charge < -0.3 is 5.73 Å². The molecule has 1 aliphatic rings. The van der Waals surface area contributed by atoms with Gasteiger partial charge in [-0.3, -0.25) is 4.79 Å². The number of hydrogen-bond acceptors (Lipinski definition) is 4. The summed E-state index contributed by atoms with van der Waals surface area (Å²) in [5.41, 5.74) is 7.33. The van der Waals surface area contributed by atoms with Crippen LogP contribution in [0.5, 0.6) is 0 Å². The molecule has 0 aliphatic heterocycles. The summed E-state index contributed by atoms with van der Waals surface area (Å²) in [4.78, 5) is 11.4. The molecule has 0 unspecified atom stereocenters. The van der Waals surface area contributed by atoms with Crippen molar-refractivity contribution in [1.29, 1.82) is 5.26 Å². The maximum Gasteiger partial charge on any atom is 0.248 e. The summed E-state index contributed by atoms with van der Waals surface area (Å²) in [5, 5.41) is 17.3. The van der Waals surface area contributed by atoms with E-state index in [-0.39, 0.29) is 0 Å². The summed E-state index contributed by atoms with van der Waals surface area (Å²) >= 11 is 0. The predicted molar refractivity (Wildman–Crippen MR) is 79.8 cm³/mol. The lowest BCUT2D eigenvalue weighted by atomic mass is 10.0. The first-order chi connectivity index (χ1) is 10.6. The van der Waals surface area contributed by atoms with Gasteiger partial charge in [0.25, 0.3) is 0 Å². The van der Waals surface area contributed by atoms with Gasteiger partial charge in [-0.15, -0.1) is 5.10 Å². The monoisotopic (exact) mass is 295 g/mol. The van der Waals surface area contributed by atoms with Gasteiger partial charge in [-0.25, -0.2) is 4.68 Å². The number of nitrogens with two attached hydrogens (primary N) is 1. The van der Waals surface area contributed by atoms with Crippen LogP contribution in [0.15, 0.2) is 30.5 Å². The molecular formula is C16H17N5O. The Morgan fingerprint density at radius 3 is 2.82 bits per heavy atom. The third-order valence-corrected chi connectivity index (χ3v) is 4.07. The normalized spacial score (nSPS) is 15.2. The predicted octanol–water partition coefficient (Wildman–Crippen LogP) is 1.56. The highest BCUT2D eigenvalue weighted by Gasteiger charge is 2.46. The lowest BCUT2D eigenvalue weighted by molar-refractivity contribution is 0.0999. The molecule has 1 amide bonds. The maximum absolute atomic E-state index is 11.4. The molecule has 2 aromatic rings. The molecule has 2 N–H and O–H groups in total. The van der Waals surface area contributed by atoms with Crippen LogP contribution in [0.2, 0.25) is 0 Å². The third-order valence-electron chi connectivity index (χ3n) is 4.07. The minimum atomic E-state index is -0.455. The fourth-order valence-corrected chi connectivity index (χ4v) is 2.57. The maximum atomic E-state index is 11.4. The first-order valence-corrected chi connectivity index (χ1v) is 7.35. The summed E-state index contributed by atoms with van der Waals surface area (Å²) in [6, 6.07) is 9.68. The Morgan fingerprint density at radius 1 is 1.36 bits per heavy atom. The number of carbonyl (C=O) groups excluding carboxylic acids is 1. The fourth-order valence-electron chi connectivity index (χ4n) is 2.57. The quantitative estimate of drug-likeness (QED) is 0.874. The zero-order valence-electron chi connectivity index (χ0n) is 12.2. The van der Waals surface area contributed by atoms with Crippen molar-refractivity contribution >= 4 is 5.91 Å². The van der Waals surface area contributed by atoms with Crippen LogP contribution in [0.25, 0.3) is 0 Å². The molecule has 0 spiro atoms. The Bertz CT molecular complexity index is 739. The van der Waals surface area contributed by atoms with E-state index in [2.05, 4.69) is 16.4 Å². The summed E-state index contributed by atoms with van der Waals surface area (Å²) in [5.74, 6) is -0.397. The molecule has 0 saturated heterocycles. The first kappa shape index (κ1) is 14.3. The average Bonchev–Trinajstić information content (AvgIpc) is 3.19. The van der Waals surface area contributed by atoms with Crippen LogP contribution in [-0.4, -0.2) is 20.9 Å². The van der Waals surface area contributed by atoms with Crippen molar-refractivity contribution in [2.24, 2.45) is 5.73 Å². The molecule has 1 heterocycles. The van der Waals surface area contributed by atoms with E-state index in [0.29, 0.717) is 5.56 Å². The molecule has 0 atom stereocenters. The number of amides is 1. The van der Waals surface area contributed by atoms with Crippen LogP contribution in [0.1, 0.15) is 40.9 Å². The fraction of sp³-hybridized carbons (Fsp3) is 0.375. The van der Waals surface area contributed by atoms with Gasteiger partial charge in [0.1, 0.15) is 0 Å². The van der Waals surface area contributed by atoms with Gasteiger partial charge in [-0.1, -0.05) is 23.4 Å². The highest BCUT2D eigenvalue weighted by atomic mass is 16.1. The van der Waals surface area contributed by atoms with E-state index in [0.717, 1.165) is 43.4 Å². The molecule has 0 radical (unpaired) electrons. The van der Waals surface area contributed by atoms with Gasteiger partial charge in [0, 0.05) is 5.56 Å². The zero-order chi connectivity index (χ0) is 15.6. The number of aryl methyl sites for hydroxylation is 2. The number of nitrogens with zero attached hydrogens (tertiary/aromatic N) is 4. The number of rotatable bonds is 6. The summed E-state index contributed by atoms with van der Waals surface area (Å²) in [6.07, 6.45) is 5.92.